The summed E-state index contributed by atoms with van der Waals surface area (Å²) in [6, 6.07) is 5.90. The van der Waals surface area contributed by atoms with Crippen LogP contribution >= 0.6 is 0 Å². The molecule has 1 aromatic rings. The highest BCUT2D eigenvalue weighted by Crippen LogP contribution is 2.39. The summed E-state index contributed by atoms with van der Waals surface area (Å²) in [6.45, 7) is 4.30. The Labute approximate surface area is 174 Å². The number of carbonyl (C=O) groups is 2. The molecule has 6 N–H and O–H groups in total. The summed E-state index contributed by atoms with van der Waals surface area (Å²) in [5, 5.41) is 0. The van der Waals surface area contributed by atoms with Gasteiger partial charge in [0, 0.05) is 36.3 Å². The zero-order chi connectivity index (χ0) is 21.3. The number of carbonyl (C=O) groups excluding carboxylic acids is 2. The molecule has 29 heavy (non-hydrogen) atoms. The maximum atomic E-state index is 13.5. The van der Waals surface area contributed by atoms with E-state index in [9.17, 15) is 9.59 Å². The van der Waals surface area contributed by atoms with Crippen LogP contribution < -0.4 is 17.2 Å². The molecule has 6 heteroatoms. The van der Waals surface area contributed by atoms with Crippen LogP contribution in [0.25, 0.3) is 0 Å². The average Bonchev–Trinajstić information content (AvgIpc) is 2.70. The monoisotopic (exact) mass is 400 g/mol. The lowest BCUT2D eigenvalue weighted by Crippen LogP contribution is -2.45. The molecule has 2 aliphatic carbocycles. The average molecular weight is 401 g/mol. The highest BCUT2D eigenvalue weighted by molar-refractivity contribution is 6.02. The van der Waals surface area contributed by atoms with Crippen LogP contribution in [0.4, 0.5) is 0 Å². The van der Waals surface area contributed by atoms with Gasteiger partial charge in [-0.2, -0.15) is 0 Å². The number of nitrogens with zero attached hydrogens (tertiary/aromatic N) is 1. The van der Waals surface area contributed by atoms with Crippen LogP contribution in [0.3, 0.4) is 0 Å². The summed E-state index contributed by atoms with van der Waals surface area (Å²) in [4.78, 5) is 27.6. The van der Waals surface area contributed by atoms with Crippen molar-refractivity contribution in [3.63, 3.8) is 0 Å². The van der Waals surface area contributed by atoms with Crippen molar-refractivity contribution in [2.75, 3.05) is 7.05 Å². The number of amides is 2. The van der Waals surface area contributed by atoms with Gasteiger partial charge in [-0.1, -0.05) is 19.9 Å². The smallest absolute Gasteiger partial charge is 0.254 e. The van der Waals surface area contributed by atoms with E-state index in [4.69, 9.17) is 17.2 Å². The first-order valence-electron chi connectivity index (χ1n) is 10.9. The van der Waals surface area contributed by atoms with Gasteiger partial charge in [-0.3, -0.25) is 9.59 Å². The van der Waals surface area contributed by atoms with Gasteiger partial charge < -0.3 is 22.1 Å². The predicted molar refractivity (Wildman–Crippen MR) is 116 cm³/mol. The van der Waals surface area contributed by atoms with Gasteiger partial charge in [-0.05, 0) is 74.0 Å². The van der Waals surface area contributed by atoms with Gasteiger partial charge in [0.1, 0.15) is 0 Å². The lowest BCUT2D eigenvalue weighted by atomic mass is 9.73. The predicted octanol–water partition coefficient (Wildman–Crippen LogP) is 2.60. The molecule has 2 amide bonds. The topological polar surface area (TPSA) is 115 Å². The van der Waals surface area contributed by atoms with Crippen molar-refractivity contribution in [3.05, 3.63) is 34.9 Å². The van der Waals surface area contributed by atoms with E-state index in [2.05, 4.69) is 13.8 Å². The van der Waals surface area contributed by atoms with E-state index in [1.165, 1.54) is 0 Å². The third kappa shape index (κ3) is 4.48. The molecule has 160 valence electrons. The molecule has 6 nitrogen and oxygen atoms in total. The number of hydrogen-bond acceptors (Lipinski definition) is 4. The largest absolute Gasteiger partial charge is 0.366 e. The lowest BCUT2D eigenvalue weighted by Gasteiger charge is -2.38. The minimum absolute atomic E-state index is 0.0294. The molecule has 0 aliphatic heterocycles. The molecule has 0 aromatic heterocycles. The van der Waals surface area contributed by atoms with Gasteiger partial charge in [-0.15, -0.1) is 0 Å². The van der Waals surface area contributed by atoms with E-state index in [0.717, 1.165) is 44.1 Å². The maximum absolute atomic E-state index is 13.5. The maximum Gasteiger partial charge on any atom is 0.254 e. The molecule has 0 heterocycles. The first kappa shape index (κ1) is 21.8. The van der Waals surface area contributed by atoms with Gasteiger partial charge >= 0.3 is 0 Å². The van der Waals surface area contributed by atoms with Crippen molar-refractivity contribution in [1.82, 2.24) is 4.90 Å². The molecule has 0 bridgehead atoms. The Morgan fingerprint density at radius 2 is 1.52 bits per heavy atom. The molecule has 0 radical (unpaired) electrons. The summed E-state index contributed by atoms with van der Waals surface area (Å²) in [5.74, 6) is 0.354. The Morgan fingerprint density at radius 1 is 0.931 bits per heavy atom. The van der Waals surface area contributed by atoms with Crippen LogP contribution in [-0.2, 0) is 0 Å². The zero-order valence-electron chi connectivity index (χ0n) is 17.9. The standard InChI is InChI=1S/C23H36N4O2/c1-13-11-15(7-9-19(13)24)21-17(22(26)28)5-4-6-18(21)23(29)27(3)16-8-10-20(25)14(2)12-16/h4-6,13-16,19-20H,7-12,24-25H2,1-3H3,(H2,26,28). The van der Waals surface area contributed by atoms with Gasteiger partial charge in [0.2, 0.25) is 5.91 Å². The molecule has 0 saturated heterocycles. The SMILES string of the molecule is CC1CC(c2c(C(N)=O)cccc2C(=O)N(C)C2CCC(N)C(C)C2)CCC1N. The minimum atomic E-state index is -0.475. The molecule has 3 rings (SSSR count). The summed E-state index contributed by atoms with van der Waals surface area (Å²) in [5.41, 5.74) is 20.0. The van der Waals surface area contributed by atoms with E-state index >= 15 is 0 Å². The number of rotatable bonds is 4. The molecular formula is C23H36N4O2. The molecule has 2 fully saturated rings. The van der Waals surface area contributed by atoms with Crippen LogP contribution in [0.5, 0.6) is 0 Å². The summed E-state index contributed by atoms with van der Waals surface area (Å²) < 4.78 is 0. The Bertz CT molecular complexity index is 765. The molecule has 1 aromatic carbocycles. The molecule has 2 saturated carbocycles. The number of hydrogen-bond donors (Lipinski definition) is 3. The quantitative estimate of drug-likeness (QED) is 0.720. The lowest BCUT2D eigenvalue weighted by molar-refractivity contribution is 0.0657. The fraction of sp³-hybridized carbons (Fsp3) is 0.652. The van der Waals surface area contributed by atoms with E-state index in [0.29, 0.717) is 23.0 Å². The van der Waals surface area contributed by atoms with Crippen molar-refractivity contribution >= 4 is 11.8 Å². The zero-order valence-corrected chi connectivity index (χ0v) is 17.9. The molecule has 6 atom stereocenters. The van der Waals surface area contributed by atoms with Crippen LogP contribution in [0.15, 0.2) is 18.2 Å². The highest BCUT2D eigenvalue weighted by atomic mass is 16.2. The fourth-order valence-electron chi connectivity index (χ4n) is 5.19. The van der Waals surface area contributed by atoms with E-state index in [1.54, 1.807) is 12.1 Å². The summed E-state index contributed by atoms with van der Waals surface area (Å²) in [6.07, 6.45) is 5.37. The van der Waals surface area contributed by atoms with Gasteiger partial charge in [0.15, 0.2) is 0 Å². The van der Waals surface area contributed by atoms with Crippen LogP contribution in [0.2, 0.25) is 0 Å². The van der Waals surface area contributed by atoms with Crippen molar-refractivity contribution in [3.8, 4) is 0 Å². The van der Waals surface area contributed by atoms with Crippen LogP contribution in [0, 0.1) is 11.8 Å². The number of benzene rings is 1. The van der Waals surface area contributed by atoms with E-state index in [1.807, 2.05) is 18.0 Å². The van der Waals surface area contributed by atoms with Crippen molar-refractivity contribution in [2.24, 2.45) is 29.0 Å². The first-order chi connectivity index (χ1) is 13.7. The van der Waals surface area contributed by atoms with Crippen LogP contribution in [-0.4, -0.2) is 41.9 Å². The number of nitrogens with two attached hydrogens (primary N) is 3. The second kappa shape index (κ2) is 8.84. The molecule has 0 spiro atoms. The molecular weight excluding hydrogens is 364 g/mol. The summed E-state index contributed by atoms with van der Waals surface area (Å²) in [7, 11) is 1.87. The van der Waals surface area contributed by atoms with Gasteiger partial charge in [-0.25, -0.2) is 0 Å². The Balaban J connectivity index is 1.93. The highest BCUT2D eigenvalue weighted by Gasteiger charge is 2.34. The Hall–Kier alpha value is -1.92. The van der Waals surface area contributed by atoms with E-state index < -0.39 is 5.91 Å². The van der Waals surface area contributed by atoms with Crippen LogP contribution in [0.1, 0.15) is 84.6 Å². The Kier molecular flexibility index (Phi) is 6.64. The van der Waals surface area contributed by atoms with Gasteiger partial charge in [0.25, 0.3) is 5.91 Å². The number of primary amides is 1. The normalized spacial score (nSPS) is 32.6. The summed E-state index contributed by atoms with van der Waals surface area (Å²) >= 11 is 0. The van der Waals surface area contributed by atoms with Crippen molar-refractivity contribution in [1.29, 1.82) is 0 Å². The third-order valence-electron chi connectivity index (χ3n) is 7.32. The molecule has 6 unspecified atom stereocenters. The first-order valence-corrected chi connectivity index (χ1v) is 10.9. The van der Waals surface area contributed by atoms with Gasteiger partial charge in [0.05, 0.1) is 0 Å². The Morgan fingerprint density at radius 3 is 2.10 bits per heavy atom. The minimum Gasteiger partial charge on any atom is -0.366 e. The molecule has 2 aliphatic rings. The second-order valence-electron chi connectivity index (χ2n) is 9.31. The van der Waals surface area contributed by atoms with Crippen molar-refractivity contribution in [2.45, 2.75) is 76.4 Å². The van der Waals surface area contributed by atoms with E-state index in [-0.39, 0.29) is 30.0 Å². The van der Waals surface area contributed by atoms with Crippen molar-refractivity contribution < 1.29 is 9.59 Å². The third-order valence-corrected chi connectivity index (χ3v) is 7.32. The second-order valence-corrected chi connectivity index (χ2v) is 9.31. The fourth-order valence-corrected chi connectivity index (χ4v) is 5.19.